The highest BCUT2D eigenvalue weighted by Crippen LogP contribution is 2.34. The average Bonchev–Trinajstić information content (AvgIpc) is 3.04. The molecule has 2 aliphatic rings. The molecule has 0 atom stereocenters. The lowest BCUT2D eigenvalue weighted by Gasteiger charge is -2.38. The quantitative estimate of drug-likeness (QED) is 0.746. The van der Waals surface area contributed by atoms with Gasteiger partial charge in [0.05, 0.1) is 6.54 Å². The molecule has 30 heavy (non-hydrogen) atoms. The molecule has 2 fully saturated rings. The lowest BCUT2D eigenvalue weighted by atomic mass is 9.91. The number of carbonyl (C=O) groups is 1. The number of piperidine rings is 1. The summed E-state index contributed by atoms with van der Waals surface area (Å²) in [5.41, 5.74) is 1.14. The Morgan fingerprint density at radius 2 is 1.80 bits per heavy atom. The van der Waals surface area contributed by atoms with Gasteiger partial charge >= 0.3 is 6.09 Å². The Morgan fingerprint density at radius 1 is 1.07 bits per heavy atom. The van der Waals surface area contributed by atoms with E-state index < -0.39 is 23.3 Å². The average molecular weight is 432 g/mol. The van der Waals surface area contributed by atoms with Gasteiger partial charge in [-0.1, -0.05) is 36.4 Å². The van der Waals surface area contributed by atoms with Crippen LogP contribution in [-0.2, 0) is 17.8 Å². The zero-order valence-electron chi connectivity index (χ0n) is 16.4. The van der Waals surface area contributed by atoms with Crippen LogP contribution in [0.25, 0.3) is 0 Å². The molecule has 1 amide bonds. The van der Waals surface area contributed by atoms with E-state index in [1.54, 1.807) is 4.90 Å². The normalized spacial score (nSPS) is 17.9. The molecule has 2 aromatic carbocycles. The van der Waals surface area contributed by atoms with E-state index in [9.17, 15) is 13.6 Å². The minimum atomic E-state index is -0.917. The third-order valence-corrected chi connectivity index (χ3v) is 6.05. The summed E-state index contributed by atoms with van der Waals surface area (Å²) in [6.07, 6.45) is 0.915. The molecule has 8 heteroatoms. The van der Waals surface area contributed by atoms with Gasteiger partial charge in [-0.05, 0) is 35.5 Å². The molecule has 5 nitrogen and oxygen atoms in total. The van der Waals surface area contributed by atoms with Gasteiger partial charge in [-0.2, -0.15) is 0 Å². The molecular formula is C22H23F2N3O2S. The molecule has 4 rings (SSSR count). The molecule has 0 unspecified atom stereocenters. The van der Waals surface area contributed by atoms with Crippen molar-refractivity contribution in [2.24, 2.45) is 0 Å². The van der Waals surface area contributed by atoms with E-state index in [1.807, 2.05) is 30.3 Å². The van der Waals surface area contributed by atoms with E-state index >= 15 is 0 Å². The Bertz CT molecular complexity index is 933. The fourth-order valence-corrected chi connectivity index (χ4v) is 4.19. The van der Waals surface area contributed by atoms with Crippen LogP contribution in [0.4, 0.5) is 13.6 Å². The largest absolute Gasteiger partial charge is 0.441 e. The number of rotatable bonds is 4. The van der Waals surface area contributed by atoms with E-state index in [4.69, 9.17) is 17.0 Å². The van der Waals surface area contributed by atoms with Crippen LogP contribution in [0.15, 0.2) is 48.5 Å². The first-order valence-corrected chi connectivity index (χ1v) is 10.3. The monoisotopic (exact) mass is 431 g/mol. The Balaban J connectivity index is 1.30. The number of amides is 1. The van der Waals surface area contributed by atoms with Crippen LogP contribution in [0.1, 0.15) is 24.0 Å². The van der Waals surface area contributed by atoms with Gasteiger partial charge in [0.2, 0.25) is 0 Å². The van der Waals surface area contributed by atoms with Crippen molar-refractivity contribution in [1.29, 1.82) is 0 Å². The van der Waals surface area contributed by atoms with Crippen molar-refractivity contribution in [1.82, 2.24) is 15.1 Å². The predicted molar refractivity (Wildman–Crippen MR) is 113 cm³/mol. The number of hydrogen-bond acceptors (Lipinski definition) is 3. The van der Waals surface area contributed by atoms with E-state index in [2.05, 4.69) is 10.2 Å². The second-order valence-corrected chi connectivity index (χ2v) is 8.17. The standard InChI is InChI=1S/C22H23F2N3O2S/c23-18-7-6-17(12-19(18)24)14-27-15-22(29-21(27)28)8-10-26(11-9-22)20(30)25-13-16-4-2-1-3-5-16/h1-7,12H,8-11,13-15H2,(H,25,30). The molecule has 0 aromatic heterocycles. The highest BCUT2D eigenvalue weighted by molar-refractivity contribution is 7.80. The summed E-state index contributed by atoms with van der Waals surface area (Å²) in [6.45, 7) is 2.67. The summed E-state index contributed by atoms with van der Waals surface area (Å²) in [6, 6.07) is 13.7. The fourth-order valence-electron chi connectivity index (χ4n) is 3.94. The van der Waals surface area contributed by atoms with E-state index in [-0.39, 0.29) is 6.54 Å². The van der Waals surface area contributed by atoms with Crippen LogP contribution in [0, 0.1) is 11.6 Å². The van der Waals surface area contributed by atoms with E-state index in [0.29, 0.717) is 49.7 Å². The minimum absolute atomic E-state index is 0.193. The molecule has 1 spiro atoms. The number of nitrogens with one attached hydrogen (secondary N) is 1. The maximum absolute atomic E-state index is 13.5. The van der Waals surface area contributed by atoms with Gasteiger partial charge in [0.1, 0.15) is 5.60 Å². The van der Waals surface area contributed by atoms with Gasteiger partial charge in [0, 0.05) is 39.0 Å². The molecule has 1 N–H and O–H groups in total. The van der Waals surface area contributed by atoms with Crippen molar-refractivity contribution in [2.45, 2.75) is 31.5 Å². The molecule has 0 aliphatic carbocycles. The van der Waals surface area contributed by atoms with E-state index in [1.165, 1.54) is 6.07 Å². The zero-order chi connectivity index (χ0) is 21.1. The van der Waals surface area contributed by atoms with Crippen molar-refractivity contribution in [3.05, 3.63) is 71.3 Å². The Morgan fingerprint density at radius 3 is 2.50 bits per heavy atom. The maximum Gasteiger partial charge on any atom is 0.410 e. The van der Waals surface area contributed by atoms with Crippen LogP contribution >= 0.6 is 12.2 Å². The molecule has 0 bridgehead atoms. The molecule has 2 saturated heterocycles. The zero-order valence-corrected chi connectivity index (χ0v) is 17.3. The van der Waals surface area contributed by atoms with Crippen molar-refractivity contribution in [3.63, 3.8) is 0 Å². The number of benzene rings is 2. The lowest BCUT2D eigenvalue weighted by Crippen LogP contribution is -2.51. The van der Waals surface area contributed by atoms with Crippen molar-refractivity contribution < 1.29 is 18.3 Å². The third-order valence-electron chi connectivity index (χ3n) is 5.65. The first-order valence-electron chi connectivity index (χ1n) is 9.93. The second-order valence-electron chi connectivity index (χ2n) is 7.79. The summed E-state index contributed by atoms with van der Waals surface area (Å²) in [7, 11) is 0. The summed E-state index contributed by atoms with van der Waals surface area (Å²) < 4.78 is 32.3. The number of halogens is 2. The smallest absolute Gasteiger partial charge is 0.410 e. The molecule has 2 aromatic rings. The number of likely N-dealkylation sites (tertiary alicyclic amines) is 1. The van der Waals surface area contributed by atoms with Gasteiger partial charge in [-0.3, -0.25) is 4.90 Å². The van der Waals surface area contributed by atoms with Gasteiger partial charge < -0.3 is 15.0 Å². The van der Waals surface area contributed by atoms with Crippen molar-refractivity contribution in [3.8, 4) is 0 Å². The molecule has 0 radical (unpaired) electrons. The molecule has 0 saturated carbocycles. The van der Waals surface area contributed by atoms with Crippen molar-refractivity contribution in [2.75, 3.05) is 19.6 Å². The number of hydrogen-bond donors (Lipinski definition) is 1. The van der Waals surface area contributed by atoms with Crippen LogP contribution < -0.4 is 5.32 Å². The topological polar surface area (TPSA) is 44.8 Å². The summed E-state index contributed by atoms with van der Waals surface area (Å²) in [5, 5.41) is 3.97. The lowest BCUT2D eigenvalue weighted by molar-refractivity contribution is 0.0146. The molecule has 158 valence electrons. The second kappa shape index (κ2) is 8.55. The third kappa shape index (κ3) is 4.53. The number of carbonyl (C=O) groups excluding carboxylic acids is 1. The first kappa shape index (κ1) is 20.5. The number of nitrogens with zero attached hydrogens (tertiary/aromatic N) is 2. The predicted octanol–water partition coefficient (Wildman–Crippen LogP) is 3.83. The molecule has 2 heterocycles. The SMILES string of the molecule is O=C1OC2(CCN(C(=S)NCc3ccccc3)CC2)CN1Cc1ccc(F)c(F)c1. The van der Waals surface area contributed by atoms with Gasteiger partial charge in [-0.25, -0.2) is 13.6 Å². The first-order chi connectivity index (χ1) is 14.4. The molecular weight excluding hydrogens is 408 g/mol. The van der Waals surface area contributed by atoms with Crippen molar-refractivity contribution >= 4 is 23.4 Å². The van der Waals surface area contributed by atoms with E-state index in [0.717, 1.165) is 17.7 Å². The summed E-state index contributed by atoms with van der Waals surface area (Å²) in [5.74, 6) is -1.82. The van der Waals surface area contributed by atoms with Gasteiger partial charge in [-0.15, -0.1) is 0 Å². The highest BCUT2D eigenvalue weighted by Gasteiger charge is 2.47. The Labute approximate surface area is 179 Å². The number of thiocarbonyl (C=S) groups is 1. The fraction of sp³-hybridized carbons (Fsp3) is 0.364. The van der Waals surface area contributed by atoms with Gasteiger partial charge in [0.25, 0.3) is 0 Å². The molecule has 2 aliphatic heterocycles. The van der Waals surface area contributed by atoms with Crippen LogP contribution in [0.2, 0.25) is 0 Å². The number of ether oxygens (including phenoxy) is 1. The van der Waals surface area contributed by atoms with Gasteiger partial charge in [0.15, 0.2) is 16.7 Å². The van der Waals surface area contributed by atoms with Crippen LogP contribution in [-0.4, -0.2) is 46.2 Å². The Hall–Kier alpha value is -2.74. The minimum Gasteiger partial charge on any atom is -0.441 e. The van der Waals surface area contributed by atoms with Crippen LogP contribution in [0.3, 0.4) is 0 Å². The Kier molecular flexibility index (Phi) is 5.85. The maximum atomic E-state index is 13.5. The summed E-state index contributed by atoms with van der Waals surface area (Å²) >= 11 is 5.52. The highest BCUT2D eigenvalue weighted by atomic mass is 32.1. The van der Waals surface area contributed by atoms with Crippen LogP contribution in [0.5, 0.6) is 0 Å². The summed E-state index contributed by atoms with van der Waals surface area (Å²) in [4.78, 5) is 16.0.